The van der Waals surface area contributed by atoms with Crippen LogP contribution in [-0.4, -0.2) is 40.3 Å². The molecule has 1 saturated heterocycles. The molecule has 1 amide bonds. The molecule has 0 spiro atoms. The number of hydrogen-bond donors (Lipinski definition) is 1. The number of anilines is 2. The van der Waals surface area contributed by atoms with Gasteiger partial charge in [-0.1, -0.05) is 20.8 Å². The molecule has 1 aliphatic rings. The van der Waals surface area contributed by atoms with Crippen molar-refractivity contribution in [2.45, 2.75) is 27.1 Å². The number of aromatic nitrogens is 3. The van der Waals surface area contributed by atoms with Crippen LogP contribution in [0.15, 0.2) is 55.2 Å². The number of ether oxygens (including phenoxy) is 1. The fourth-order valence-electron chi connectivity index (χ4n) is 3.63. The van der Waals surface area contributed by atoms with Gasteiger partial charge in [-0.2, -0.15) is 0 Å². The van der Waals surface area contributed by atoms with Crippen LogP contribution >= 0.6 is 0 Å². The lowest BCUT2D eigenvalue weighted by molar-refractivity contribution is -0.274. The van der Waals surface area contributed by atoms with E-state index in [1.54, 1.807) is 18.5 Å². The third-order valence-electron chi connectivity index (χ3n) is 5.75. The van der Waals surface area contributed by atoms with Crippen LogP contribution in [-0.2, 0) is 0 Å². The van der Waals surface area contributed by atoms with Gasteiger partial charge in [0.05, 0.1) is 5.56 Å². The molecule has 4 rings (SSSR count). The molecule has 3 aromatic rings. The van der Waals surface area contributed by atoms with E-state index >= 15 is 0 Å². The summed E-state index contributed by atoms with van der Waals surface area (Å²) in [6.45, 7) is 8.35. The van der Waals surface area contributed by atoms with Crippen molar-refractivity contribution in [1.82, 2.24) is 15.0 Å². The van der Waals surface area contributed by atoms with Gasteiger partial charge in [0.15, 0.2) is 0 Å². The van der Waals surface area contributed by atoms with Crippen LogP contribution in [0.3, 0.4) is 0 Å². The molecule has 3 heterocycles. The number of benzene rings is 1. The summed E-state index contributed by atoms with van der Waals surface area (Å²) < 4.78 is 40.9. The minimum absolute atomic E-state index is 0.188. The summed E-state index contributed by atoms with van der Waals surface area (Å²) >= 11 is 0. The van der Waals surface area contributed by atoms with Crippen LogP contribution in [0.4, 0.5) is 24.7 Å². The molecule has 1 fully saturated rings. The maximum Gasteiger partial charge on any atom is 0.573 e. The van der Waals surface area contributed by atoms with Gasteiger partial charge >= 0.3 is 6.36 Å². The van der Waals surface area contributed by atoms with Crippen LogP contribution in [0.25, 0.3) is 11.1 Å². The summed E-state index contributed by atoms with van der Waals surface area (Å²) in [5.74, 6) is 0.464. The molecule has 178 valence electrons. The Labute approximate surface area is 195 Å². The topological polar surface area (TPSA) is 80.2 Å². The van der Waals surface area contributed by atoms with Gasteiger partial charge < -0.3 is 15.0 Å². The lowest BCUT2D eigenvalue weighted by atomic mass is 9.76. The fourth-order valence-corrected chi connectivity index (χ4v) is 3.63. The van der Waals surface area contributed by atoms with Crippen molar-refractivity contribution in [2.24, 2.45) is 11.3 Å². The highest BCUT2D eigenvalue weighted by Gasteiger charge is 2.37. The van der Waals surface area contributed by atoms with E-state index in [2.05, 4.69) is 50.7 Å². The van der Waals surface area contributed by atoms with E-state index in [1.807, 2.05) is 0 Å². The second-order valence-electron chi connectivity index (χ2n) is 9.22. The predicted molar refractivity (Wildman–Crippen MR) is 121 cm³/mol. The molecule has 1 N–H and O–H groups in total. The van der Waals surface area contributed by atoms with E-state index in [1.165, 1.54) is 24.7 Å². The van der Waals surface area contributed by atoms with Gasteiger partial charge in [-0.15, -0.1) is 13.2 Å². The van der Waals surface area contributed by atoms with Gasteiger partial charge in [0, 0.05) is 48.5 Å². The summed E-state index contributed by atoms with van der Waals surface area (Å²) in [5, 5.41) is 2.67. The van der Waals surface area contributed by atoms with Crippen molar-refractivity contribution < 1.29 is 22.7 Å². The second-order valence-corrected chi connectivity index (χ2v) is 9.22. The van der Waals surface area contributed by atoms with E-state index in [4.69, 9.17) is 0 Å². The Morgan fingerprint density at radius 2 is 1.71 bits per heavy atom. The van der Waals surface area contributed by atoms with Crippen molar-refractivity contribution >= 4 is 17.4 Å². The van der Waals surface area contributed by atoms with Crippen molar-refractivity contribution in [3.63, 3.8) is 0 Å². The molecule has 0 bridgehead atoms. The number of halogens is 3. The molecule has 34 heavy (non-hydrogen) atoms. The van der Waals surface area contributed by atoms with Gasteiger partial charge in [-0.3, -0.25) is 4.79 Å². The Morgan fingerprint density at radius 1 is 1.06 bits per heavy atom. The molecule has 2 aromatic heterocycles. The minimum Gasteiger partial charge on any atom is -0.406 e. The Morgan fingerprint density at radius 3 is 2.29 bits per heavy atom. The van der Waals surface area contributed by atoms with Crippen LogP contribution in [0.5, 0.6) is 5.75 Å². The molecular formula is C24H24F3N5O2. The Kier molecular flexibility index (Phi) is 6.16. The van der Waals surface area contributed by atoms with Gasteiger partial charge in [0.2, 0.25) is 0 Å². The standard InChI is InChI=1S/C24H24F3N5O2/c1-23(2,3)17-12-32(13-17)21-20(16-9-28-14-29-10-16)8-15(11-30-21)22(33)31-18-4-6-19(7-5-18)34-24(25,26)27/h4-11,14,17H,12-13H2,1-3H3,(H,31,33). The summed E-state index contributed by atoms with van der Waals surface area (Å²) in [6, 6.07) is 6.65. The summed E-state index contributed by atoms with van der Waals surface area (Å²) in [7, 11) is 0. The van der Waals surface area contributed by atoms with Gasteiger partial charge in [-0.05, 0) is 41.7 Å². The van der Waals surface area contributed by atoms with Crippen molar-refractivity contribution in [3.8, 4) is 16.9 Å². The van der Waals surface area contributed by atoms with Crippen LogP contribution in [0.1, 0.15) is 31.1 Å². The molecule has 1 aromatic carbocycles. The van der Waals surface area contributed by atoms with E-state index < -0.39 is 12.3 Å². The number of rotatable bonds is 5. The average Bonchev–Trinajstić information content (AvgIpc) is 2.73. The maximum absolute atomic E-state index is 12.9. The van der Waals surface area contributed by atoms with Crippen LogP contribution in [0, 0.1) is 11.3 Å². The SMILES string of the molecule is CC(C)(C)C1CN(c2ncc(C(=O)Nc3ccc(OC(F)(F)F)cc3)cc2-c2cncnc2)C1. The molecule has 0 aliphatic carbocycles. The zero-order chi connectivity index (χ0) is 24.5. The molecule has 10 heteroatoms. The molecule has 0 atom stereocenters. The second kappa shape index (κ2) is 8.92. The number of alkyl halides is 3. The van der Waals surface area contributed by atoms with Gasteiger partial charge in [0.1, 0.15) is 17.9 Å². The third-order valence-corrected chi connectivity index (χ3v) is 5.75. The highest BCUT2D eigenvalue weighted by Crippen LogP contribution is 2.39. The molecule has 0 radical (unpaired) electrons. The van der Waals surface area contributed by atoms with Crippen LogP contribution < -0.4 is 15.0 Å². The molecule has 0 saturated carbocycles. The largest absolute Gasteiger partial charge is 0.573 e. The normalized spacial score (nSPS) is 14.5. The number of carbonyl (C=O) groups is 1. The lowest BCUT2D eigenvalue weighted by Crippen LogP contribution is -2.52. The summed E-state index contributed by atoms with van der Waals surface area (Å²) in [6.07, 6.45) is 1.46. The fraction of sp³-hybridized carbons (Fsp3) is 0.333. The Bertz CT molecular complexity index is 1160. The summed E-state index contributed by atoms with van der Waals surface area (Å²) in [5.41, 5.74) is 2.27. The van der Waals surface area contributed by atoms with E-state index in [0.29, 0.717) is 17.2 Å². The predicted octanol–water partition coefficient (Wildman–Crippen LogP) is 5.17. The molecule has 1 aliphatic heterocycles. The van der Waals surface area contributed by atoms with Crippen molar-refractivity contribution in [2.75, 3.05) is 23.3 Å². The highest BCUT2D eigenvalue weighted by molar-refractivity contribution is 6.05. The monoisotopic (exact) mass is 471 g/mol. The van der Waals surface area contributed by atoms with Gasteiger partial charge in [-0.25, -0.2) is 15.0 Å². The minimum atomic E-state index is -4.78. The van der Waals surface area contributed by atoms with Crippen molar-refractivity contribution in [1.29, 1.82) is 0 Å². The number of hydrogen-bond acceptors (Lipinski definition) is 6. The lowest BCUT2D eigenvalue weighted by Gasteiger charge is -2.47. The molecule has 0 unspecified atom stereocenters. The van der Waals surface area contributed by atoms with Crippen LogP contribution in [0.2, 0.25) is 0 Å². The Hall–Kier alpha value is -3.69. The molecule has 7 nitrogen and oxygen atoms in total. The van der Waals surface area contributed by atoms with Gasteiger partial charge in [0.25, 0.3) is 5.91 Å². The summed E-state index contributed by atoms with van der Waals surface area (Å²) in [4.78, 5) is 27.8. The highest BCUT2D eigenvalue weighted by atomic mass is 19.4. The first-order valence-electron chi connectivity index (χ1n) is 10.7. The van der Waals surface area contributed by atoms with Crippen molar-refractivity contribution in [3.05, 3.63) is 60.8 Å². The number of amides is 1. The van der Waals surface area contributed by atoms with E-state index in [0.717, 1.165) is 42.2 Å². The average molecular weight is 471 g/mol. The number of nitrogens with one attached hydrogen (secondary N) is 1. The maximum atomic E-state index is 12.9. The quantitative estimate of drug-likeness (QED) is 0.553. The van der Waals surface area contributed by atoms with E-state index in [9.17, 15) is 18.0 Å². The van der Waals surface area contributed by atoms with E-state index in [-0.39, 0.29) is 11.2 Å². The zero-order valence-electron chi connectivity index (χ0n) is 18.9. The third kappa shape index (κ3) is 5.44. The number of nitrogens with zero attached hydrogens (tertiary/aromatic N) is 4. The molecular weight excluding hydrogens is 447 g/mol. The Balaban J connectivity index is 1.55. The number of pyridine rings is 1. The first-order chi connectivity index (χ1) is 16.0. The first kappa shape index (κ1) is 23.5. The zero-order valence-corrected chi connectivity index (χ0v) is 18.9. The number of carbonyl (C=O) groups excluding carboxylic acids is 1. The first-order valence-corrected chi connectivity index (χ1v) is 10.7. The smallest absolute Gasteiger partial charge is 0.406 e.